The van der Waals surface area contributed by atoms with Crippen molar-refractivity contribution >= 4 is 17.3 Å². The molecule has 7 heteroatoms. The van der Waals surface area contributed by atoms with E-state index in [0.717, 1.165) is 42.8 Å². The summed E-state index contributed by atoms with van der Waals surface area (Å²) in [6.45, 7) is 3.32. The molecule has 1 aliphatic rings. The third-order valence-electron chi connectivity index (χ3n) is 4.51. The maximum absolute atomic E-state index is 13.0. The normalized spacial score (nSPS) is 15.7. The van der Waals surface area contributed by atoms with Gasteiger partial charge < -0.3 is 15.1 Å². The monoisotopic (exact) mass is 364 g/mol. The molecule has 26 heavy (non-hydrogen) atoms. The zero-order valence-electron chi connectivity index (χ0n) is 14.2. The third-order valence-corrected chi connectivity index (χ3v) is 4.51. The second-order valence-corrected chi connectivity index (χ2v) is 6.34. The molecular formula is C19H21F3N3O+. The van der Waals surface area contributed by atoms with E-state index in [-0.39, 0.29) is 12.2 Å². The third kappa shape index (κ3) is 4.54. The molecule has 0 saturated carbocycles. The molecule has 1 saturated heterocycles. The zero-order valence-corrected chi connectivity index (χ0v) is 14.2. The van der Waals surface area contributed by atoms with Crippen LogP contribution >= 0.6 is 0 Å². The predicted octanol–water partition coefficient (Wildman–Crippen LogP) is 2.05. The first kappa shape index (κ1) is 18.3. The van der Waals surface area contributed by atoms with Gasteiger partial charge in [-0.3, -0.25) is 4.79 Å². The van der Waals surface area contributed by atoms with Gasteiger partial charge in [0, 0.05) is 5.69 Å². The number of para-hydroxylation sites is 2. The van der Waals surface area contributed by atoms with Crippen molar-refractivity contribution in [3.05, 3.63) is 60.2 Å². The van der Waals surface area contributed by atoms with E-state index in [1.54, 1.807) is 0 Å². The number of quaternary nitrogens is 1. The van der Waals surface area contributed by atoms with E-state index in [1.165, 1.54) is 18.2 Å². The van der Waals surface area contributed by atoms with Crippen molar-refractivity contribution in [3.63, 3.8) is 0 Å². The van der Waals surface area contributed by atoms with Gasteiger partial charge >= 0.3 is 6.18 Å². The summed E-state index contributed by atoms with van der Waals surface area (Å²) in [6.07, 6.45) is -4.49. The fourth-order valence-electron chi connectivity index (χ4n) is 3.16. The smallest absolute Gasteiger partial charge is 0.360 e. The molecule has 0 aliphatic carbocycles. The average Bonchev–Trinajstić information content (AvgIpc) is 2.62. The van der Waals surface area contributed by atoms with E-state index < -0.39 is 17.6 Å². The lowest BCUT2D eigenvalue weighted by Crippen LogP contribution is -3.15. The summed E-state index contributed by atoms with van der Waals surface area (Å²) in [5.41, 5.74) is 0.139. The minimum Gasteiger partial charge on any atom is -0.360 e. The van der Waals surface area contributed by atoms with E-state index in [9.17, 15) is 18.0 Å². The Labute approximate surface area is 150 Å². The molecule has 2 aromatic rings. The van der Waals surface area contributed by atoms with Crippen LogP contribution < -0.4 is 15.1 Å². The van der Waals surface area contributed by atoms with Gasteiger partial charge in [-0.1, -0.05) is 30.3 Å². The average molecular weight is 364 g/mol. The van der Waals surface area contributed by atoms with Gasteiger partial charge in [0.25, 0.3) is 5.91 Å². The fourth-order valence-corrected chi connectivity index (χ4v) is 3.16. The van der Waals surface area contributed by atoms with E-state index in [4.69, 9.17) is 0 Å². The Bertz CT molecular complexity index is 741. The number of halogens is 3. The molecule has 1 fully saturated rings. The second kappa shape index (κ2) is 7.78. The Balaban J connectivity index is 1.54. The minimum absolute atomic E-state index is 0.162. The maximum Gasteiger partial charge on any atom is 0.418 e. The van der Waals surface area contributed by atoms with Crippen molar-refractivity contribution < 1.29 is 22.9 Å². The first-order valence-electron chi connectivity index (χ1n) is 8.53. The Hall–Kier alpha value is -2.54. The van der Waals surface area contributed by atoms with Crippen LogP contribution in [0.4, 0.5) is 24.5 Å². The number of hydrogen-bond acceptors (Lipinski definition) is 2. The first-order valence-corrected chi connectivity index (χ1v) is 8.53. The van der Waals surface area contributed by atoms with Crippen molar-refractivity contribution in [3.8, 4) is 0 Å². The summed E-state index contributed by atoms with van der Waals surface area (Å²) in [4.78, 5) is 15.5. The highest BCUT2D eigenvalue weighted by atomic mass is 19.4. The summed E-state index contributed by atoms with van der Waals surface area (Å²) in [6, 6.07) is 15.1. The van der Waals surface area contributed by atoms with Crippen molar-refractivity contribution in [2.24, 2.45) is 0 Å². The van der Waals surface area contributed by atoms with E-state index in [2.05, 4.69) is 10.2 Å². The largest absolute Gasteiger partial charge is 0.418 e. The quantitative estimate of drug-likeness (QED) is 0.871. The zero-order chi connectivity index (χ0) is 18.6. The number of nitrogens with zero attached hydrogens (tertiary/aromatic N) is 1. The molecule has 2 N–H and O–H groups in total. The van der Waals surface area contributed by atoms with Crippen LogP contribution in [-0.2, 0) is 11.0 Å². The number of carbonyl (C=O) groups is 1. The van der Waals surface area contributed by atoms with Gasteiger partial charge in [0.1, 0.15) is 0 Å². The van der Waals surface area contributed by atoms with Crippen LogP contribution in [0.3, 0.4) is 0 Å². The Kier molecular flexibility index (Phi) is 5.46. The topological polar surface area (TPSA) is 36.8 Å². The molecule has 3 rings (SSSR count). The highest BCUT2D eigenvalue weighted by Crippen LogP contribution is 2.34. The molecule has 1 heterocycles. The number of rotatable bonds is 4. The van der Waals surface area contributed by atoms with Gasteiger partial charge in [-0.05, 0) is 24.3 Å². The van der Waals surface area contributed by atoms with Gasteiger partial charge in [-0.2, -0.15) is 13.2 Å². The highest BCUT2D eigenvalue weighted by molar-refractivity contribution is 5.92. The van der Waals surface area contributed by atoms with Gasteiger partial charge in [-0.15, -0.1) is 0 Å². The number of nitrogens with one attached hydrogen (secondary N) is 2. The summed E-state index contributed by atoms with van der Waals surface area (Å²) in [5, 5.41) is 2.41. The first-order chi connectivity index (χ1) is 12.4. The Morgan fingerprint density at radius 1 is 1.00 bits per heavy atom. The van der Waals surface area contributed by atoms with Crippen molar-refractivity contribution in [1.29, 1.82) is 0 Å². The van der Waals surface area contributed by atoms with Crippen LogP contribution in [0, 0.1) is 0 Å². The molecule has 0 radical (unpaired) electrons. The fraction of sp³-hybridized carbons (Fsp3) is 0.316. The molecule has 1 amide bonds. The Morgan fingerprint density at radius 3 is 2.27 bits per heavy atom. The van der Waals surface area contributed by atoms with Crippen LogP contribution in [0.1, 0.15) is 5.56 Å². The van der Waals surface area contributed by atoms with Crippen LogP contribution in [-0.4, -0.2) is 38.6 Å². The van der Waals surface area contributed by atoms with Gasteiger partial charge in [0.15, 0.2) is 6.54 Å². The highest BCUT2D eigenvalue weighted by Gasteiger charge is 2.34. The van der Waals surface area contributed by atoms with Gasteiger partial charge in [0.2, 0.25) is 0 Å². The molecule has 2 aromatic carbocycles. The Morgan fingerprint density at radius 2 is 1.62 bits per heavy atom. The van der Waals surface area contributed by atoms with Crippen LogP contribution in [0.15, 0.2) is 54.6 Å². The number of hydrogen-bond donors (Lipinski definition) is 2. The number of alkyl halides is 3. The van der Waals surface area contributed by atoms with Crippen molar-refractivity contribution in [2.45, 2.75) is 6.18 Å². The molecule has 0 unspecified atom stereocenters. The number of anilines is 2. The maximum atomic E-state index is 13.0. The number of benzene rings is 2. The molecule has 0 spiro atoms. The minimum atomic E-state index is -4.49. The lowest BCUT2D eigenvalue weighted by Gasteiger charge is -2.33. The summed E-state index contributed by atoms with van der Waals surface area (Å²) in [7, 11) is 0. The summed E-state index contributed by atoms with van der Waals surface area (Å²) in [5.74, 6) is -0.398. The molecule has 0 atom stereocenters. The molecule has 1 aliphatic heterocycles. The van der Waals surface area contributed by atoms with Crippen molar-refractivity contribution in [2.75, 3.05) is 42.9 Å². The van der Waals surface area contributed by atoms with Crippen LogP contribution in [0.5, 0.6) is 0 Å². The lowest BCUT2D eigenvalue weighted by atomic mass is 10.1. The van der Waals surface area contributed by atoms with Crippen LogP contribution in [0.2, 0.25) is 0 Å². The van der Waals surface area contributed by atoms with Crippen LogP contribution in [0.25, 0.3) is 0 Å². The number of piperazine rings is 1. The van der Waals surface area contributed by atoms with E-state index in [1.807, 2.05) is 30.3 Å². The second-order valence-electron chi connectivity index (χ2n) is 6.34. The number of carbonyl (C=O) groups excluding carboxylic acids is 1. The summed E-state index contributed by atoms with van der Waals surface area (Å²) >= 11 is 0. The van der Waals surface area contributed by atoms with Gasteiger partial charge in [-0.25, -0.2) is 0 Å². The van der Waals surface area contributed by atoms with Gasteiger partial charge in [0.05, 0.1) is 37.4 Å². The molecule has 4 nitrogen and oxygen atoms in total. The molecule has 0 aromatic heterocycles. The lowest BCUT2D eigenvalue weighted by molar-refractivity contribution is -0.892. The SMILES string of the molecule is O=C(C[NH+]1CCN(c2ccccc2)CC1)Nc1ccccc1C(F)(F)F. The number of amides is 1. The summed E-state index contributed by atoms with van der Waals surface area (Å²) < 4.78 is 39.0. The standard InChI is InChI=1S/C19H20F3N3O/c20-19(21,22)16-8-4-5-9-17(16)23-18(26)14-24-10-12-25(13-11-24)15-6-2-1-3-7-15/h1-9H,10-14H2,(H,23,26)/p+1. The molecule has 138 valence electrons. The van der Waals surface area contributed by atoms with E-state index in [0.29, 0.717) is 0 Å². The molecular weight excluding hydrogens is 343 g/mol. The molecule has 0 bridgehead atoms. The van der Waals surface area contributed by atoms with E-state index >= 15 is 0 Å². The predicted molar refractivity (Wildman–Crippen MR) is 94.3 cm³/mol. The van der Waals surface area contributed by atoms with Crippen molar-refractivity contribution in [1.82, 2.24) is 0 Å².